The molecule has 0 aromatic heterocycles. The molecular formula is C11H20N2O4. The molecule has 1 aliphatic heterocycles. The Bertz CT molecular complexity index is 311. The quantitative estimate of drug-likeness (QED) is 0.706. The predicted octanol–water partition coefficient (Wildman–Crippen LogP) is 0.655. The number of hydrogen-bond donors (Lipinski definition) is 2. The number of aliphatic carboxylic acids is 1. The van der Waals surface area contributed by atoms with E-state index in [0.717, 1.165) is 0 Å². The fourth-order valence-corrected chi connectivity index (χ4v) is 1.78. The van der Waals surface area contributed by atoms with Crippen molar-refractivity contribution in [2.24, 2.45) is 11.7 Å². The van der Waals surface area contributed by atoms with Crippen molar-refractivity contribution < 1.29 is 19.4 Å². The SMILES string of the molecule is CC(C)(C)OC(=O)N1CCC(C(=O)O)C(N)C1. The Balaban J connectivity index is 2.55. The summed E-state index contributed by atoms with van der Waals surface area (Å²) in [5.74, 6) is -1.48. The molecule has 1 heterocycles. The lowest BCUT2D eigenvalue weighted by atomic mass is 9.93. The zero-order valence-corrected chi connectivity index (χ0v) is 10.5. The molecule has 0 aromatic carbocycles. The number of likely N-dealkylation sites (tertiary alicyclic amines) is 1. The summed E-state index contributed by atoms with van der Waals surface area (Å²) in [6.45, 7) is 5.96. The van der Waals surface area contributed by atoms with Crippen molar-refractivity contribution >= 4 is 12.1 Å². The van der Waals surface area contributed by atoms with Gasteiger partial charge < -0.3 is 20.5 Å². The molecule has 2 atom stereocenters. The number of hydrogen-bond acceptors (Lipinski definition) is 4. The van der Waals surface area contributed by atoms with Crippen LogP contribution in [0.4, 0.5) is 4.79 Å². The number of nitrogens with zero attached hydrogens (tertiary/aromatic N) is 1. The minimum absolute atomic E-state index is 0.228. The number of amides is 1. The van der Waals surface area contributed by atoms with Gasteiger partial charge >= 0.3 is 12.1 Å². The van der Waals surface area contributed by atoms with Crippen molar-refractivity contribution in [1.29, 1.82) is 0 Å². The van der Waals surface area contributed by atoms with Crippen LogP contribution in [0.3, 0.4) is 0 Å². The Hall–Kier alpha value is -1.30. The second kappa shape index (κ2) is 4.91. The van der Waals surface area contributed by atoms with Gasteiger partial charge in [0, 0.05) is 19.1 Å². The van der Waals surface area contributed by atoms with Crippen LogP contribution >= 0.6 is 0 Å². The van der Waals surface area contributed by atoms with E-state index in [1.165, 1.54) is 4.90 Å². The Morgan fingerprint density at radius 1 is 1.41 bits per heavy atom. The normalized spacial score (nSPS) is 25.5. The highest BCUT2D eigenvalue weighted by Crippen LogP contribution is 2.19. The van der Waals surface area contributed by atoms with Gasteiger partial charge in [-0.15, -0.1) is 0 Å². The van der Waals surface area contributed by atoms with Crippen molar-refractivity contribution in [3.63, 3.8) is 0 Å². The summed E-state index contributed by atoms with van der Waals surface area (Å²) in [7, 11) is 0. The highest BCUT2D eigenvalue weighted by molar-refractivity contribution is 5.72. The fourth-order valence-electron chi connectivity index (χ4n) is 1.78. The van der Waals surface area contributed by atoms with Crippen LogP contribution < -0.4 is 5.73 Å². The molecule has 0 radical (unpaired) electrons. The lowest BCUT2D eigenvalue weighted by molar-refractivity contribution is -0.144. The van der Waals surface area contributed by atoms with E-state index >= 15 is 0 Å². The average Bonchev–Trinajstić information content (AvgIpc) is 2.14. The van der Waals surface area contributed by atoms with Crippen LogP contribution in [0.2, 0.25) is 0 Å². The lowest BCUT2D eigenvalue weighted by Gasteiger charge is -2.35. The zero-order chi connectivity index (χ0) is 13.2. The van der Waals surface area contributed by atoms with Gasteiger partial charge in [-0.05, 0) is 27.2 Å². The molecule has 2 unspecified atom stereocenters. The van der Waals surface area contributed by atoms with E-state index in [0.29, 0.717) is 13.0 Å². The van der Waals surface area contributed by atoms with E-state index in [9.17, 15) is 9.59 Å². The summed E-state index contributed by atoms with van der Waals surface area (Å²) in [5, 5.41) is 8.91. The third-order valence-corrected chi connectivity index (χ3v) is 2.63. The van der Waals surface area contributed by atoms with E-state index in [-0.39, 0.29) is 6.54 Å². The summed E-state index contributed by atoms with van der Waals surface area (Å²) in [4.78, 5) is 24.1. The lowest BCUT2D eigenvalue weighted by Crippen LogP contribution is -2.53. The van der Waals surface area contributed by atoms with Gasteiger partial charge in [0.05, 0.1) is 5.92 Å². The Kier molecular flexibility index (Phi) is 3.98. The number of rotatable bonds is 1. The molecule has 0 spiro atoms. The van der Waals surface area contributed by atoms with Gasteiger partial charge in [-0.2, -0.15) is 0 Å². The summed E-state index contributed by atoms with van der Waals surface area (Å²) in [5.41, 5.74) is 5.19. The third kappa shape index (κ3) is 3.89. The number of carbonyl (C=O) groups is 2. The second-order valence-corrected chi connectivity index (χ2v) is 5.32. The largest absolute Gasteiger partial charge is 0.481 e. The Labute approximate surface area is 101 Å². The van der Waals surface area contributed by atoms with Crippen molar-refractivity contribution in [3.05, 3.63) is 0 Å². The third-order valence-electron chi connectivity index (χ3n) is 2.63. The molecule has 0 saturated carbocycles. The molecule has 17 heavy (non-hydrogen) atoms. The first-order chi connectivity index (χ1) is 7.70. The van der Waals surface area contributed by atoms with Gasteiger partial charge in [0.2, 0.25) is 0 Å². The second-order valence-electron chi connectivity index (χ2n) is 5.32. The van der Waals surface area contributed by atoms with Crippen molar-refractivity contribution in [2.75, 3.05) is 13.1 Å². The summed E-state index contributed by atoms with van der Waals surface area (Å²) in [6, 6.07) is -0.534. The summed E-state index contributed by atoms with van der Waals surface area (Å²) in [6.07, 6.45) is -0.0628. The van der Waals surface area contributed by atoms with Gasteiger partial charge in [-0.25, -0.2) is 4.79 Å². The van der Waals surface area contributed by atoms with E-state index in [1.807, 2.05) is 0 Å². The molecular weight excluding hydrogens is 224 g/mol. The monoisotopic (exact) mass is 244 g/mol. The number of carboxylic acids is 1. The standard InChI is InChI=1S/C11H20N2O4/c1-11(2,3)17-10(16)13-5-4-7(9(14)15)8(12)6-13/h7-8H,4-6,12H2,1-3H3,(H,14,15). The highest BCUT2D eigenvalue weighted by Gasteiger charge is 2.35. The summed E-state index contributed by atoms with van der Waals surface area (Å²) >= 11 is 0. The molecule has 1 rings (SSSR count). The number of carboxylic acid groups (broad SMARTS) is 1. The van der Waals surface area contributed by atoms with Gasteiger partial charge in [-0.3, -0.25) is 4.79 Å². The van der Waals surface area contributed by atoms with Crippen LogP contribution in [-0.4, -0.2) is 46.8 Å². The van der Waals surface area contributed by atoms with E-state index in [4.69, 9.17) is 15.6 Å². The van der Waals surface area contributed by atoms with Crippen LogP contribution in [0.1, 0.15) is 27.2 Å². The fraction of sp³-hybridized carbons (Fsp3) is 0.818. The maximum atomic E-state index is 11.7. The van der Waals surface area contributed by atoms with Gasteiger partial charge in [0.25, 0.3) is 0 Å². The highest BCUT2D eigenvalue weighted by atomic mass is 16.6. The molecule has 6 heteroatoms. The van der Waals surface area contributed by atoms with Gasteiger partial charge in [0.1, 0.15) is 5.60 Å². The van der Waals surface area contributed by atoms with E-state index < -0.39 is 29.6 Å². The van der Waals surface area contributed by atoms with Crippen molar-refractivity contribution in [3.8, 4) is 0 Å². The smallest absolute Gasteiger partial charge is 0.410 e. The van der Waals surface area contributed by atoms with Crippen LogP contribution in [0.5, 0.6) is 0 Å². The average molecular weight is 244 g/mol. The Morgan fingerprint density at radius 2 is 2.00 bits per heavy atom. The molecule has 0 aromatic rings. The first-order valence-corrected chi connectivity index (χ1v) is 5.67. The number of ether oxygens (including phenoxy) is 1. The van der Waals surface area contributed by atoms with Gasteiger partial charge in [0.15, 0.2) is 0 Å². The molecule has 1 saturated heterocycles. The molecule has 1 amide bonds. The number of nitrogens with two attached hydrogens (primary N) is 1. The minimum atomic E-state index is -0.902. The molecule has 0 aliphatic carbocycles. The number of carbonyl (C=O) groups excluding carboxylic acids is 1. The van der Waals surface area contributed by atoms with Crippen LogP contribution in [-0.2, 0) is 9.53 Å². The molecule has 1 fully saturated rings. The summed E-state index contributed by atoms with van der Waals surface area (Å²) < 4.78 is 5.21. The molecule has 98 valence electrons. The first-order valence-electron chi connectivity index (χ1n) is 5.67. The minimum Gasteiger partial charge on any atom is -0.481 e. The number of piperidine rings is 1. The molecule has 0 bridgehead atoms. The molecule has 6 nitrogen and oxygen atoms in total. The first kappa shape index (κ1) is 13.8. The van der Waals surface area contributed by atoms with Gasteiger partial charge in [-0.1, -0.05) is 0 Å². The van der Waals surface area contributed by atoms with Crippen LogP contribution in [0.25, 0.3) is 0 Å². The predicted molar refractivity (Wildman–Crippen MR) is 61.5 cm³/mol. The van der Waals surface area contributed by atoms with E-state index in [1.54, 1.807) is 20.8 Å². The molecule has 3 N–H and O–H groups in total. The zero-order valence-electron chi connectivity index (χ0n) is 10.5. The van der Waals surface area contributed by atoms with Crippen LogP contribution in [0.15, 0.2) is 0 Å². The van der Waals surface area contributed by atoms with E-state index in [2.05, 4.69) is 0 Å². The Morgan fingerprint density at radius 3 is 2.41 bits per heavy atom. The van der Waals surface area contributed by atoms with Crippen LogP contribution in [0, 0.1) is 5.92 Å². The van der Waals surface area contributed by atoms with Crippen molar-refractivity contribution in [1.82, 2.24) is 4.90 Å². The maximum absolute atomic E-state index is 11.7. The topological polar surface area (TPSA) is 92.9 Å². The maximum Gasteiger partial charge on any atom is 0.410 e. The molecule has 1 aliphatic rings. The van der Waals surface area contributed by atoms with Crippen molar-refractivity contribution in [2.45, 2.75) is 38.8 Å².